The summed E-state index contributed by atoms with van der Waals surface area (Å²) < 4.78 is 34.9. The van der Waals surface area contributed by atoms with Gasteiger partial charge in [0, 0.05) is 19.3 Å². The van der Waals surface area contributed by atoms with Crippen LogP contribution >= 0.6 is 0 Å². The molecule has 0 rings (SSSR count). The maximum atomic E-state index is 11.6. The molecule has 0 aliphatic rings. The Bertz CT molecular complexity index is 259. The van der Waals surface area contributed by atoms with Crippen molar-refractivity contribution in [1.82, 2.24) is 4.90 Å². The molecule has 4 nitrogen and oxygen atoms in total. The Morgan fingerprint density at radius 3 is 2.29 bits per heavy atom. The van der Waals surface area contributed by atoms with Crippen LogP contribution in [0.1, 0.15) is 0 Å². The van der Waals surface area contributed by atoms with Crippen molar-refractivity contribution in [2.45, 2.75) is 6.18 Å². The summed E-state index contributed by atoms with van der Waals surface area (Å²) in [5, 5.41) is 8.23. The minimum absolute atomic E-state index is 0.281. The first-order valence-corrected chi connectivity index (χ1v) is 3.45. The summed E-state index contributed by atoms with van der Waals surface area (Å²) in [5.41, 5.74) is 0. The maximum Gasteiger partial charge on any atom is 0.454 e. The summed E-state index contributed by atoms with van der Waals surface area (Å²) in [5.74, 6) is -3.22. The van der Waals surface area contributed by atoms with E-state index in [1.807, 2.05) is 0 Å². The fraction of sp³-hybridized carbons (Fsp3) is 0.429. The van der Waals surface area contributed by atoms with Crippen molar-refractivity contribution < 1.29 is 27.9 Å². The summed E-state index contributed by atoms with van der Waals surface area (Å²) in [6.45, 7) is -0.471. The van der Waals surface area contributed by atoms with Crippen LogP contribution in [0.2, 0.25) is 0 Å². The third-order valence-electron chi connectivity index (χ3n) is 1.14. The molecular weight excluding hydrogens is 203 g/mol. The Kier molecular flexibility index (Phi) is 4.13. The van der Waals surface area contributed by atoms with Gasteiger partial charge in [-0.05, 0) is 0 Å². The number of aliphatic carboxylic acids is 1. The topological polar surface area (TPSA) is 57.6 Å². The molecule has 0 spiro atoms. The number of carbonyl (C=O) groups excluding carboxylic acids is 1. The van der Waals surface area contributed by atoms with Crippen LogP contribution in [0.3, 0.4) is 0 Å². The van der Waals surface area contributed by atoms with Crippen molar-refractivity contribution in [1.29, 1.82) is 0 Å². The van der Waals surface area contributed by atoms with E-state index in [0.29, 0.717) is 0 Å². The van der Waals surface area contributed by atoms with Gasteiger partial charge in [0.25, 0.3) is 5.78 Å². The third-order valence-corrected chi connectivity index (χ3v) is 1.14. The SMILES string of the molecule is CN(C=CC(=O)C(F)(F)F)CC(=O)O. The summed E-state index contributed by atoms with van der Waals surface area (Å²) in [6.07, 6.45) is -3.87. The molecule has 0 amide bonds. The second-order valence-corrected chi connectivity index (χ2v) is 2.49. The van der Waals surface area contributed by atoms with Crippen molar-refractivity contribution >= 4 is 11.8 Å². The van der Waals surface area contributed by atoms with Crippen LogP contribution in [0, 0.1) is 0 Å². The van der Waals surface area contributed by atoms with Gasteiger partial charge in [0.1, 0.15) is 6.54 Å². The number of allylic oxidation sites excluding steroid dienone is 1. The van der Waals surface area contributed by atoms with E-state index in [-0.39, 0.29) is 6.08 Å². The molecule has 0 aromatic rings. The molecule has 14 heavy (non-hydrogen) atoms. The fourth-order valence-electron chi connectivity index (χ4n) is 0.555. The molecule has 0 fully saturated rings. The predicted molar refractivity (Wildman–Crippen MR) is 40.5 cm³/mol. The molecule has 0 aliphatic carbocycles. The molecule has 0 saturated heterocycles. The zero-order valence-electron chi connectivity index (χ0n) is 7.21. The second kappa shape index (κ2) is 4.64. The van der Waals surface area contributed by atoms with E-state index >= 15 is 0 Å². The van der Waals surface area contributed by atoms with E-state index in [4.69, 9.17) is 5.11 Å². The van der Waals surface area contributed by atoms with Crippen LogP contribution in [-0.4, -0.2) is 41.5 Å². The first kappa shape index (κ1) is 12.5. The summed E-state index contributed by atoms with van der Waals surface area (Å²) in [7, 11) is 1.24. The first-order valence-electron chi connectivity index (χ1n) is 3.45. The van der Waals surface area contributed by atoms with Crippen LogP contribution in [0.4, 0.5) is 13.2 Å². The summed E-state index contributed by atoms with van der Waals surface area (Å²) in [4.78, 5) is 21.3. The molecule has 80 valence electrons. The van der Waals surface area contributed by atoms with Crippen molar-refractivity contribution in [3.63, 3.8) is 0 Å². The highest BCUT2D eigenvalue weighted by Crippen LogP contribution is 2.16. The summed E-state index contributed by atoms with van der Waals surface area (Å²) >= 11 is 0. The number of nitrogens with zero attached hydrogens (tertiary/aromatic N) is 1. The van der Waals surface area contributed by atoms with Gasteiger partial charge in [-0.3, -0.25) is 9.59 Å². The van der Waals surface area contributed by atoms with Gasteiger partial charge in [-0.15, -0.1) is 0 Å². The Labute approximate surface area is 77.6 Å². The van der Waals surface area contributed by atoms with Gasteiger partial charge in [-0.2, -0.15) is 13.2 Å². The third kappa shape index (κ3) is 5.18. The van der Waals surface area contributed by atoms with E-state index in [2.05, 4.69) is 0 Å². The van der Waals surface area contributed by atoms with Crippen molar-refractivity contribution in [2.24, 2.45) is 0 Å². The lowest BCUT2D eigenvalue weighted by Gasteiger charge is -2.09. The van der Waals surface area contributed by atoms with Crippen LogP contribution in [-0.2, 0) is 9.59 Å². The summed E-state index contributed by atoms with van der Waals surface area (Å²) in [6, 6.07) is 0. The average molecular weight is 211 g/mol. The monoisotopic (exact) mass is 211 g/mol. The first-order chi connectivity index (χ1) is 6.23. The van der Waals surface area contributed by atoms with E-state index < -0.39 is 24.5 Å². The lowest BCUT2D eigenvalue weighted by Crippen LogP contribution is -2.23. The number of carbonyl (C=O) groups is 2. The number of halogens is 3. The highest BCUT2D eigenvalue weighted by atomic mass is 19.4. The molecule has 0 radical (unpaired) electrons. The number of hydrogen-bond donors (Lipinski definition) is 1. The number of alkyl halides is 3. The van der Waals surface area contributed by atoms with Gasteiger partial charge < -0.3 is 10.0 Å². The largest absolute Gasteiger partial charge is 0.480 e. The van der Waals surface area contributed by atoms with E-state index in [9.17, 15) is 22.8 Å². The molecular formula is C7H8F3NO3. The molecule has 0 aromatic heterocycles. The fourth-order valence-corrected chi connectivity index (χ4v) is 0.555. The van der Waals surface area contributed by atoms with Crippen molar-refractivity contribution in [2.75, 3.05) is 13.6 Å². The van der Waals surface area contributed by atoms with Gasteiger partial charge in [0.15, 0.2) is 0 Å². The van der Waals surface area contributed by atoms with Gasteiger partial charge in [0.05, 0.1) is 0 Å². The van der Waals surface area contributed by atoms with E-state index in [1.54, 1.807) is 0 Å². The van der Waals surface area contributed by atoms with E-state index in [1.165, 1.54) is 7.05 Å². The van der Waals surface area contributed by atoms with Crippen LogP contribution < -0.4 is 0 Å². The van der Waals surface area contributed by atoms with Crippen molar-refractivity contribution in [3.05, 3.63) is 12.3 Å². The normalized spacial score (nSPS) is 11.7. The van der Waals surface area contributed by atoms with Gasteiger partial charge >= 0.3 is 12.1 Å². The molecule has 0 aliphatic heterocycles. The van der Waals surface area contributed by atoms with Crippen LogP contribution in [0.15, 0.2) is 12.3 Å². The average Bonchev–Trinajstić information content (AvgIpc) is 1.96. The number of ketones is 1. The number of likely N-dealkylation sites (N-methyl/N-ethyl adjacent to an activating group) is 1. The Balaban J connectivity index is 4.18. The zero-order chi connectivity index (χ0) is 11.4. The number of rotatable bonds is 4. The smallest absolute Gasteiger partial charge is 0.454 e. The molecule has 0 heterocycles. The highest BCUT2D eigenvalue weighted by Gasteiger charge is 2.36. The van der Waals surface area contributed by atoms with Crippen LogP contribution in [0.5, 0.6) is 0 Å². The molecule has 0 saturated carbocycles. The molecule has 0 unspecified atom stereocenters. The maximum absolute atomic E-state index is 11.6. The Hall–Kier alpha value is -1.53. The van der Waals surface area contributed by atoms with Gasteiger partial charge in [-0.25, -0.2) is 0 Å². The standard InChI is InChI=1S/C7H8F3NO3/c1-11(4-6(13)14)3-2-5(12)7(8,9)10/h2-3H,4H2,1H3,(H,13,14). The highest BCUT2D eigenvalue weighted by molar-refractivity contribution is 5.94. The Morgan fingerprint density at radius 2 is 1.93 bits per heavy atom. The zero-order valence-corrected chi connectivity index (χ0v) is 7.21. The predicted octanol–water partition coefficient (Wildman–Crippen LogP) is 0.648. The minimum atomic E-state index is -4.92. The van der Waals surface area contributed by atoms with Gasteiger partial charge in [-0.1, -0.05) is 0 Å². The molecule has 7 heteroatoms. The second-order valence-electron chi connectivity index (χ2n) is 2.49. The number of carboxylic acid groups (broad SMARTS) is 1. The minimum Gasteiger partial charge on any atom is -0.480 e. The number of hydrogen-bond acceptors (Lipinski definition) is 3. The van der Waals surface area contributed by atoms with Crippen molar-refractivity contribution in [3.8, 4) is 0 Å². The van der Waals surface area contributed by atoms with Crippen LogP contribution in [0.25, 0.3) is 0 Å². The number of carboxylic acids is 1. The molecule has 0 atom stereocenters. The quantitative estimate of drug-likeness (QED) is 0.693. The molecule has 0 aromatic carbocycles. The molecule has 1 N–H and O–H groups in total. The lowest BCUT2D eigenvalue weighted by molar-refractivity contribution is -0.165. The van der Waals surface area contributed by atoms with E-state index in [0.717, 1.165) is 11.1 Å². The molecule has 0 bridgehead atoms. The Morgan fingerprint density at radius 1 is 1.43 bits per heavy atom. The van der Waals surface area contributed by atoms with Gasteiger partial charge in [0.2, 0.25) is 0 Å². The lowest BCUT2D eigenvalue weighted by atomic mass is 10.4.